The minimum Gasteiger partial charge on any atom is -0.497 e. The SMILES string of the molecule is COc1ccc(-c2cc(CNC(C)c3cccc4cccnc34)ccc2OC)cc1. The van der Waals surface area contributed by atoms with Crippen molar-refractivity contribution in [1.29, 1.82) is 0 Å². The number of aromatic nitrogens is 1. The molecule has 152 valence electrons. The molecule has 4 heteroatoms. The van der Waals surface area contributed by atoms with E-state index in [1.54, 1.807) is 14.2 Å². The third-order valence-electron chi connectivity index (χ3n) is 5.41. The van der Waals surface area contributed by atoms with Crippen molar-refractivity contribution < 1.29 is 9.47 Å². The van der Waals surface area contributed by atoms with Gasteiger partial charge in [-0.1, -0.05) is 42.5 Å². The van der Waals surface area contributed by atoms with Gasteiger partial charge in [-0.15, -0.1) is 0 Å². The van der Waals surface area contributed by atoms with Gasteiger partial charge >= 0.3 is 0 Å². The monoisotopic (exact) mass is 398 g/mol. The van der Waals surface area contributed by atoms with E-state index in [2.05, 4.69) is 65.8 Å². The van der Waals surface area contributed by atoms with Crippen molar-refractivity contribution in [3.63, 3.8) is 0 Å². The molecule has 0 fully saturated rings. The first-order valence-corrected chi connectivity index (χ1v) is 10.1. The number of pyridine rings is 1. The molecular formula is C26H26N2O2. The van der Waals surface area contributed by atoms with Gasteiger partial charge in [0.2, 0.25) is 0 Å². The summed E-state index contributed by atoms with van der Waals surface area (Å²) >= 11 is 0. The maximum Gasteiger partial charge on any atom is 0.126 e. The molecule has 0 bridgehead atoms. The Morgan fingerprint density at radius 3 is 2.47 bits per heavy atom. The minimum absolute atomic E-state index is 0.176. The maximum atomic E-state index is 5.59. The third-order valence-corrected chi connectivity index (χ3v) is 5.41. The lowest BCUT2D eigenvalue weighted by atomic mass is 10.0. The lowest BCUT2D eigenvalue weighted by Gasteiger charge is -2.17. The predicted octanol–water partition coefficient (Wildman–Crippen LogP) is 5.77. The molecule has 1 aromatic heterocycles. The van der Waals surface area contributed by atoms with Crippen LogP contribution in [0.4, 0.5) is 0 Å². The van der Waals surface area contributed by atoms with Crippen LogP contribution in [0.5, 0.6) is 11.5 Å². The second-order valence-corrected chi connectivity index (χ2v) is 7.29. The quantitative estimate of drug-likeness (QED) is 0.429. The summed E-state index contributed by atoms with van der Waals surface area (Å²) in [4.78, 5) is 4.58. The van der Waals surface area contributed by atoms with E-state index in [0.717, 1.165) is 40.1 Å². The molecule has 30 heavy (non-hydrogen) atoms. The van der Waals surface area contributed by atoms with Gasteiger partial charge in [0.1, 0.15) is 11.5 Å². The molecule has 0 aliphatic heterocycles. The van der Waals surface area contributed by atoms with Gasteiger partial charge < -0.3 is 14.8 Å². The summed E-state index contributed by atoms with van der Waals surface area (Å²) in [5.74, 6) is 1.70. The number of fused-ring (bicyclic) bond motifs is 1. The summed E-state index contributed by atoms with van der Waals surface area (Å²) in [6.45, 7) is 2.93. The van der Waals surface area contributed by atoms with Gasteiger partial charge in [-0.05, 0) is 53.9 Å². The largest absolute Gasteiger partial charge is 0.497 e. The van der Waals surface area contributed by atoms with Gasteiger partial charge in [-0.2, -0.15) is 0 Å². The highest BCUT2D eigenvalue weighted by Gasteiger charge is 2.12. The molecule has 0 radical (unpaired) electrons. The van der Waals surface area contributed by atoms with Crippen LogP contribution >= 0.6 is 0 Å². The Hall–Kier alpha value is -3.37. The molecule has 0 spiro atoms. The van der Waals surface area contributed by atoms with Crippen molar-refractivity contribution in [3.05, 3.63) is 90.1 Å². The number of nitrogens with one attached hydrogen (secondary N) is 1. The first-order chi connectivity index (χ1) is 14.7. The lowest BCUT2D eigenvalue weighted by molar-refractivity contribution is 0.414. The number of methoxy groups -OCH3 is 2. The van der Waals surface area contributed by atoms with Gasteiger partial charge in [-0.3, -0.25) is 4.98 Å². The molecule has 4 rings (SSSR count). The zero-order chi connectivity index (χ0) is 20.9. The van der Waals surface area contributed by atoms with Gasteiger partial charge in [0, 0.05) is 29.7 Å². The van der Waals surface area contributed by atoms with E-state index in [0.29, 0.717) is 0 Å². The topological polar surface area (TPSA) is 43.4 Å². The number of hydrogen-bond acceptors (Lipinski definition) is 4. The normalized spacial score (nSPS) is 12.0. The summed E-state index contributed by atoms with van der Waals surface area (Å²) in [6.07, 6.45) is 1.85. The molecule has 4 aromatic rings. The molecule has 0 amide bonds. The minimum atomic E-state index is 0.176. The fraction of sp³-hybridized carbons (Fsp3) is 0.192. The average molecular weight is 399 g/mol. The fourth-order valence-corrected chi connectivity index (χ4v) is 3.72. The molecular weight excluding hydrogens is 372 g/mol. The Kier molecular flexibility index (Phi) is 5.96. The van der Waals surface area contributed by atoms with Gasteiger partial charge in [-0.25, -0.2) is 0 Å². The van der Waals surface area contributed by atoms with E-state index in [1.165, 1.54) is 11.1 Å². The molecule has 0 aliphatic carbocycles. The highest BCUT2D eigenvalue weighted by atomic mass is 16.5. The van der Waals surface area contributed by atoms with E-state index >= 15 is 0 Å². The van der Waals surface area contributed by atoms with E-state index in [-0.39, 0.29) is 6.04 Å². The van der Waals surface area contributed by atoms with E-state index in [1.807, 2.05) is 30.5 Å². The summed E-state index contributed by atoms with van der Waals surface area (Å²) in [7, 11) is 3.38. The van der Waals surface area contributed by atoms with Gasteiger partial charge in [0.05, 0.1) is 19.7 Å². The molecule has 1 heterocycles. The zero-order valence-corrected chi connectivity index (χ0v) is 17.6. The Balaban J connectivity index is 1.56. The first-order valence-electron chi connectivity index (χ1n) is 10.1. The number of nitrogens with zero attached hydrogens (tertiary/aromatic N) is 1. The van der Waals surface area contributed by atoms with Crippen molar-refractivity contribution in [2.45, 2.75) is 19.5 Å². The first kappa shape index (κ1) is 19.9. The van der Waals surface area contributed by atoms with E-state index < -0.39 is 0 Å². The molecule has 0 saturated heterocycles. The third kappa shape index (κ3) is 4.14. The summed E-state index contributed by atoms with van der Waals surface area (Å²) < 4.78 is 10.9. The molecule has 1 unspecified atom stereocenters. The van der Waals surface area contributed by atoms with Crippen LogP contribution in [0, 0.1) is 0 Å². The summed E-state index contributed by atoms with van der Waals surface area (Å²) in [5, 5.41) is 4.80. The Morgan fingerprint density at radius 2 is 1.70 bits per heavy atom. The van der Waals surface area contributed by atoms with Gasteiger partial charge in [0.25, 0.3) is 0 Å². The highest BCUT2D eigenvalue weighted by molar-refractivity contribution is 5.82. The van der Waals surface area contributed by atoms with Crippen LogP contribution in [0.15, 0.2) is 79.0 Å². The zero-order valence-electron chi connectivity index (χ0n) is 17.6. The van der Waals surface area contributed by atoms with Crippen LogP contribution in [0.1, 0.15) is 24.1 Å². The van der Waals surface area contributed by atoms with Gasteiger partial charge in [0.15, 0.2) is 0 Å². The van der Waals surface area contributed by atoms with E-state index in [9.17, 15) is 0 Å². The van der Waals surface area contributed by atoms with Crippen LogP contribution in [0.25, 0.3) is 22.0 Å². The van der Waals surface area contributed by atoms with Crippen molar-refractivity contribution in [1.82, 2.24) is 10.3 Å². The molecule has 0 aliphatic rings. The standard InChI is InChI=1S/C26H26N2O2/c1-18(23-8-4-6-21-7-5-15-27-26(21)23)28-17-19-9-14-25(30-3)24(16-19)20-10-12-22(29-2)13-11-20/h4-16,18,28H,17H2,1-3H3. The Morgan fingerprint density at radius 1 is 0.900 bits per heavy atom. The number of rotatable bonds is 7. The molecule has 1 atom stereocenters. The van der Waals surface area contributed by atoms with Crippen molar-refractivity contribution in [2.24, 2.45) is 0 Å². The van der Waals surface area contributed by atoms with Crippen molar-refractivity contribution in [3.8, 4) is 22.6 Å². The lowest BCUT2D eigenvalue weighted by Crippen LogP contribution is -2.18. The maximum absolute atomic E-state index is 5.59. The van der Waals surface area contributed by atoms with Crippen LogP contribution in [0.3, 0.4) is 0 Å². The van der Waals surface area contributed by atoms with Crippen LogP contribution in [-0.2, 0) is 6.54 Å². The smallest absolute Gasteiger partial charge is 0.126 e. The number of ether oxygens (including phenoxy) is 2. The second kappa shape index (κ2) is 8.97. The van der Waals surface area contributed by atoms with Crippen molar-refractivity contribution >= 4 is 10.9 Å². The second-order valence-electron chi connectivity index (χ2n) is 7.29. The predicted molar refractivity (Wildman–Crippen MR) is 122 cm³/mol. The highest BCUT2D eigenvalue weighted by Crippen LogP contribution is 2.32. The van der Waals surface area contributed by atoms with E-state index in [4.69, 9.17) is 9.47 Å². The number of benzene rings is 3. The summed E-state index contributed by atoms with van der Waals surface area (Å²) in [6, 6.07) is 24.9. The Bertz CT molecular complexity index is 1130. The fourth-order valence-electron chi connectivity index (χ4n) is 3.72. The average Bonchev–Trinajstić information content (AvgIpc) is 2.82. The molecule has 4 nitrogen and oxygen atoms in total. The van der Waals surface area contributed by atoms with Crippen LogP contribution in [-0.4, -0.2) is 19.2 Å². The molecule has 3 aromatic carbocycles. The number of hydrogen-bond donors (Lipinski definition) is 1. The summed E-state index contributed by atoms with van der Waals surface area (Å²) in [5.41, 5.74) is 5.62. The molecule has 1 N–H and O–H groups in total. The van der Waals surface area contributed by atoms with Crippen molar-refractivity contribution in [2.75, 3.05) is 14.2 Å². The molecule has 0 saturated carbocycles. The number of para-hydroxylation sites is 1. The Labute approximate surface area is 177 Å². The van der Waals surface area contributed by atoms with Crippen LogP contribution in [0.2, 0.25) is 0 Å². The van der Waals surface area contributed by atoms with Crippen LogP contribution < -0.4 is 14.8 Å².